The number of carbonyl (C=O) groups excluding carboxylic acids is 1. The third kappa shape index (κ3) is 4.86. The molecule has 0 fully saturated rings. The topological polar surface area (TPSA) is 38.3 Å². The normalized spacial score (nSPS) is 12.9. The van der Waals surface area contributed by atoms with Gasteiger partial charge in [-0.1, -0.05) is 34.1 Å². The van der Waals surface area contributed by atoms with Crippen LogP contribution in [-0.4, -0.2) is 22.9 Å². The molecule has 0 saturated carbocycles. The summed E-state index contributed by atoms with van der Waals surface area (Å²) in [5.41, 5.74) is 2.22. The van der Waals surface area contributed by atoms with Crippen molar-refractivity contribution in [2.24, 2.45) is 0 Å². The van der Waals surface area contributed by atoms with Gasteiger partial charge in [0.15, 0.2) is 0 Å². The van der Waals surface area contributed by atoms with E-state index in [0.29, 0.717) is 6.54 Å². The Morgan fingerprint density at radius 1 is 1.37 bits per heavy atom. The van der Waals surface area contributed by atoms with Crippen LogP contribution in [0.2, 0.25) is 0 Å². The molecule has 0 spiro atoms. The van der Waals surface area contributed by atoms with Crippen LogP contribution in [0.15, 0.2) is 18.2 Å². The number of rotatable bonds is 5. The molecule has 1 rings (SSSR count). The van der Waals surface area contributed by atoms with E-state index in [1.165, 1.54) is 0 Å². The highest BCUT2D eigenvalue weighted by molar-refractivity contribution is 9.10. The van der Waals surface area contributed by atoms with Gasteiger partial charge in [-0.25, -0.2) is 0 Å². The number of carbonyl (C=O) groups is 1. The molecule has 1 N–H and O–H groups in total. The summed E-state index contributed by atoms with van der Waals surface area (Å²) >= 11 is 3.33. The molecule has 106 valence electrons. The zero-order chi connectivity index (χ0) is 14.6. The SMILES string of the molecule is Cc1cccc(C)c1OC(C)CNC(=O)C(C)(C)Br. The van der Waals surface area contributed by atoms with Gasteiger partial charge >= 0.3 is 0 Å². The highest BCUT2D eigenvalue weighted by Gasteiger charge is 2.23. The van der Waals surface area contributed by atoms with Crippen LogP contribution in [0.3, 0.4) is 0 Å². The number of hydrogen-bond donors (Lipinski definition) is 1. The van der Waals surface area contributed by atoms with Gasteiger partial charge in [0.2, 0.25) is 5.91 Å². The molecule has 1 unspecified atom stereocenters. The summed E-state index contributed by atoms with van der Waals surface area (Å²) in [6.45, 7) is 10.1. The van der Waals surface area contributed by atoms with E-state index in [2.05, 4.69) is 21.2 Å². The Hall–Kier alpha value is -1.03. The van der Waals surface area contributed by atoms with Gasteiger partial charge in [0.05, 0.1) is 10.9 Å². The number of halogens is 1. The minimum absolute atomic E-state index is 0.0375. The Morgan fingerprint density at radius 3 is 2.37 bits per heavy atom. The number of benzene rings is 1. The summed E-state index contributed by atoms with van der Waals surface area (Å²) < 4.78 is 5.36. The van der Waals surface area contributed by atoms with Gasteiger partial charge in [-0.3, -0.25) is 4.79 Å². The Morgan fingerprint density at radius 2 is 1.89 bits per heavy atom. The van der Waals surface area contributed by atoms with Crippen molar-refractivity contribution in [2.45, 2.75) is 45.0 Å². The molecule has 0 saturated heterocycles. The Bertz CT molecular complexity index is 432. The lowest BCUT2D eigenvalue weighted by atomic mass is 10.1. The predicted molar refractivity (Wildman–Crippen MR) is 82.0 cm³/mol. The van der Waals surface area contributed by atoms with Gasteiger partial charge in [-0.05, 0) is 45.7 Å². The molecule has 0 aliphatic carbocycles. The van der Waals surface area contributed by atoms with Gasteiger partial charge in [0, 0.05) is 0 Å². The van der Waals surface area contributed by atoms with Crippen LogP contribution in [-0.2, 0) is 4.79 Å². The number of para-hydroxylation sites is 1. The molecule has 1 aromatic carbocycles. The maximum Gasteiger partial charge on any atom is 0.236 e. The first-order valence-corrected chi connectivity index (χ1v) is 7.21. The van der Waals surface area contributed by atoms with E-state index in [-0.39, 0.29) is 12.0 Å². The van der Waals surface area contributed by atoms with E-state index < -0.39 is 4.32 Å². The number of alkyl halides is 1. The molecule has 0 aromatic heterocycles. The highest BCUT2D eigenvalue weighted by atomic mass is 79.9. The molecule has 0 aliphatic heterocycles. The first-order valence-electron chi connectivity index (χ1n) is 6.42. The molecule has 0 bridgehead atoms. The van der Waals surface area contributed by atoms with Gasteiger partial charge in [-0.2, -0.15) is 0 Å². The Labute approximate surface area is 123 Å². The maximum absolute atomic E-state index is 11.7. The minimum Gasteiger partial charge on any atom is -0.488 e. The standard InChI is InChI=1S/C15H22BrNO2/c1-10-7-6-8-11(2)13(10)19-12(3)9-17-14(18)15(4,5)16/h6-8,12H,9H2,1-5H3,(H,17,18). The summed E-state index contributed by atoms with van der Waals surface area (Å²) in [7, 11) is 0. The fourth-order valence-electron chi connectivity index (χ4n) is 1.67. The number of ether oxygens (including phenoxy) is 1. The van der Waals surface area contributed by atoms with Gasteiger partial charge in [0.1, 0.15) is 11.9 Å². The third-order valence-corrected chi connectivity index (χ3v) is 3.18. The lowest BCUT2D eigenvalue weighted by Gasteiger charge is -2.21. The van der Waals surface area contributed by atoms with Crippen LogP contribution in [0.5, 0.6) is 5.75 Å². The Kier molecular flexibility index (Phi) is 5.41. The minimum atomic E-state index is -0.550. The fraction of sp³-hybridized carbons (Fsp3) is 0.533. The lowest BCUT2D eigenvalue weighted by molar-refractivity contribution is -0.122. The van der Waals surface area contributed by atoms with Crippen LogP contribution < -0.4 is 10.1 Å². The van der Waals surface area contributed by atoms with Crippen molar-refractivity contribution >= 4 is 21.8 Å². The molecule has 0 heterocycles. The lowest BCUT2D eigenvalue weighted by Crippen LogP contribution is -2.42. The molecule has 4 heteroatoms. The summed E-state index contributed by atoms with van der Waals surface area (Å²) in [6.07, 6.45) is -0.0707. The second kappa shape index (κ2) is 6.42. The van der Waals surface area contributed by atoms with Crippen LogP contribution in [0, 0.1) is 13.8 Å². The number of nitrogens with one attached hydrogen (secondary N) is 1. The van der Waals surface area contributed by atoms with Gasteiger partial charge in [-0.15, -0.1) is 0 Å². The van der Waals surface area contributed by atoms with Gasteiger partial charge in [0.25, 0.3) is 0 Å². The monoisotopic (exact) mass is 327 g/mol. The summed E-state index contributed by atoms with van der Waals surface area (Å²) in [4.78, 5) is 11.7. The summed E-state index contributed by atoms with van der Waals surface area (Å²) in [5.74, 6) is 0.867. The summed E-state index contributed by atoms with van der Waals surface area (Å²) in [5, 5.41) is 2.87. The molecule has 0 radical (unpaired) electrons. The zero-order valence-electron chi connectivity index (χ0n) is 12.2. The van der Waals surface area contributed by atoms with Crippen molar-refractivity contribution in [2.75, 3.05) is 6.54 Å². The van der Waals surface area contributed by atoms with E-state index >= 15 is 0 Å². The second-order valence-corrected chi connectivity index (χ2v) is 7.31. The molecule has 19 heavy (non-hydrogen) atoms. The van der Waals surface area contributed by atoms with Crippen LogP contribution in [0.1, 0.15) is 31.9 Å². The average molecular weight is 328 g/mol. The molecule has 1 amide bonds. The molecule has 3 nitrogen and oxygen atoms in total. The second-order valence-electron chi connectivity index (χ2n) is 5.33. The predicted octanol–water partition coefficient (Wildman–Crippen LogP) is 3.36. The van der Waals surface area contributed by atoms with E-state index in [9.17, 15) is 4.79 Å². The largest absolute Gasteiger partial charge is 0.488 e. The van der Waals surface area contributed by atoms with Crippen LogP contribution >= 0.6 is 15.9 Å². The van der Waals surface area contributed by atoms with E-state index in [1.54, 1.807) is 0 Å². The zero-order valence-corrected chi connectivity index (χ0v) is 13.8. The maximum atomic E-state index is 11.7. The van der Waals surface area contributed by atoms with Crippen molar-refractivity contribution in [1.29, 1.82) is 0 Å². The van der Waals surface area contributed by atoms with Gasteiger partial charge < -0.3 is 10.1 Å². The van der Waals surface area contributed by atoms with Crippen molar-refractivity contribution in [3.05, 3.63) is 29.3 Å². The van der Waals surface area contributed by atoms with Crippen molar-refractivity contribution in [3.8, 4) is 5.75 Å². The Balaban J connectivity index is 2.57. The number of aryl methyl sites for hydroxylation is 2. The molecule has 1 atom stereocenters. The third-order valence-electron chi connectivity index (χ3n) is 2.82. The first-order chi connectivity index (χ1) is 8.71. The quantitative estimate of drug-likeness (QED) is 0.842. The smallest absolute Gasteiger partial charge is 0.236 e. The van der Waals surface area contributed by atoms with E-state index in [1.807, 2.05) is 52.8 Å². The van der Waals surface area contributed by atoms with Crippen LogP contribution in [0.4, 0.5) is 0 Å². The number of hydrogen-bond acceptors (Lipinski definition) is 2. The molecular weight excluding hydrogens is 306 g/mol. The van der Waals surface area contributed by atoms with E-state index in [0.717, 1.165) is 16.9 Å². The number of amides is 1. The summed E-state index contributed by atoms with van der Waals surface area (Å²) in [6, 6.07) is 6.06. The fourth-order valence-corrected chi connectivity index (χ4v) is 1.81. The van der Waals surface area contributed by atoms with E-state index in [4.69, 9.17) is 4.74 Å². The molecule has 1 aromatic rings. The molecular formula is C15H22BrNO2. The van der Waals surface area contributed by atoms with Crippen molar-refractivity contribution in [1.82, 2.24) is 5.32 Å². The van der Waals surface area contributed by atoms with Crippen molar-refractivity contribution in [3.63, 3.8) is 0 Å². The molecule has 0 aliphatic rings. The average Bonchev–Trinajstić information content (AvgIpc) is 2.29. The first kappa shape index (κ1) is 16.0. The van der Waals surface area contributed by atoms with Crippen molar-refractivity contribution < 1.29 is 9.53 Å². The van der Waals surface area contributed by atoms with Crippen LogP contribution in [0.25, 0.3) is 0 Å². The highest BCUT2D eigenvalue weighted by Crippen LogP contribution is 2.23.